The molecule has 4 heterocycles. The van der Waals surface area contributed by atoms with Crippen molar-refractivity contribution in [3.63, 3.8) is 0 Å². The van der Waals surface area contributed by atoms with Crippen molar-refractivity contribution in [2.45, 2.75) is 77.3 Å². The molecule has 0 saturated heterocycles. The maximum Gasteiger partial charge on any atom is 0.373 e. The maximum absolute atomic E-state index is 14.2. The van der Waals surface area contributed by atoms with Crippen LogP contribution in [0.25, 0.3) is 0 Å². The van der Waals surface area contributed by atoms with Crippen molar-refractivity contribution >= 4 is 48.7 Å². The number of aromatic amines is 2. The van der Waals surface area contributed by atoms with Gasteiger partial charge >= 0.3 is 24.2 Å². The maximum atomic E-state index is 14.2. The highest BCUT2D eigenvalue weighted by Gasteiger charge is 2.34. The molecule has 2 aromatic carbocycles. The SMILES string of the molecule is CCOC(=O)C(CC)Cc1[nH]c(=S)n2c1C[C@H](c1c(F)ccc(F)c1F)C2.O=C(O)CCc1[nH]c(=S)n2c1C[C@H](c1c(F)ccc(F)c1F)C2.O=C=O.O=C=O. The highest BCUT2D eigenvalue weighted by atomic mass is 32.1. The van der Waals surface area contributed by atoms with E-state index in [1.165, 1.54) is 0 Å². The molecule has 300 valence electrons. The van der Waals surface area contributed by atoms with E-state index in [1.54, 1.807) is 16.1 Å². The Morgan fingerprint density at radius 1 is 0.786 bits per heavy atom. The van der Waals surface area contributed by atoms with Crippen LogP contribution in [-0.2, 0) is 72.3 Å². The van der Waals surface area contributed by atoms with Crippen LogP contribution in [0.15, 0.2) is 24.3 Å². The van der Waals surface area contributed by atoms with Crippen LogP contribution < -0.4 is 0 Å². The fourth-order valence-corrected chi connectivity index (χ4v) is 7.34. The molecule has 20 heteroatoms. The fourth-order valence-electron chi connectivity index (χ4n) is 6.73. The predicted octanol–water partition coefficient (Wildman–Crippen LogP) is 6.59. The summed E-state index contributed by atoms with van der Waals surface area (Å²) in [5.41, 5.74) is 2.40. The van der Waals surface area contributed by atoms with E-state index in [9.17, 15) is 35.9 Å². The zero-order valence-corrected chi connectivity index (χ0v) is 31.3. The highest BCUT2D eigenvalue weighted by Crippen LogP contribution is 2.37. The van der Waals surface area contributed by atoms with Gasteiger partial charge in [0.05, 0.1) is 18.9 Å². The molecule has 12 nitrogen and oxygen atoms in total. The quantitative estimate of drug-likeness (QED) is 0.0686. The molecule has 0 radical (unpaired) electrons. The Hall–Kier alpha value is -5.42. The van der Waals surface area contributed by atoms with Crippen LogP contribution in [0.4, 0.5) is 26.3 Å². The second kappa shape index (κ2) is 20.5. The number of carbonyl (C=O) groups excluding carboxylic acids is 5. The number of hydrogen-bond donors (Lipinski definition) is 3. The Balaban J connectivity index is 0.000000266. The van der Waals surface area contributed by atoms with E-state index in [4.69, 9.17) is 53.5 Å². The average Bonchev–Trinajstić information content (AvgIpc) is 3.91. The van der Waals surface area contributed by atoms with E-state index in [0.29, 0.717) is 41.1 Å². The van der Waals surface area contributed by atoms with E-state index in [1.807, 2.05) is 6.92 Å². The molecular formula is C36H34F6N4O8S2. The molecule has 2 aliphatic rings. The molecule has 2 aliphatic heterocycles. The standard InChI is InChI=1S/C19H21F3N2O2S.C15H13F3N2O2S.2CO2/c1-3-10(18(25)26-4-2)7-14-15-8-11(9-24(15)19(27)23-14)16-12(20)5-6-13(21)17(16)22;16-8-1-2-9(17)14(18)13(8)7-5-11-10(3-4-12(21)22)19-15(23)20(11)6-7;2*2-1-3/h5-6,10-11H,3-4,7-9H2,1-2H3,(H,23,27);1-2,7H,3-6H2,(H,19,23)(H,21,22);;/t10?,11-;7-;;/m00../s1. The molecule has 0 aliphatic carbocycles. The van der Waals surface area contributed by atoms with Gasteiger partial charge in [0, 0.05) is 65.2 Å². The number of aromatic nitrogens is 4. The summed E-state index contributed by atoms with van der Waals surface area (Å²) < 4.78 is 92.6. The summed E-state index contributed by atoms with van der Waals surface area (Å²) in [4.78, 5) is 61.3. The van der Waals surface area contributed by atoms with Crippen LogP contribution in [0.5, 0.6) is 0 Å². The van der Waals surface area contributed by atoms with E-state index >= 15 is 0 Å². The van der Waals surface area contributed by atoms with Crippen LogP contribution in [0.1, 0.15) is 72.4 Å². The van der Waals surface area contributed by atoms with Gasteiger partial charge in [0.1, 0.15) is 11.6 Å². The Labute approximate surface area is 324 Å². The number of nitrogens with zero attached hydrogens (tertiary/aromatic N) is 2. The molecule has 2 aromatic heterocycles. The number of nitrogens with one attached hydrogen (secondary N) is 2. The normalized spacial score (nSPS) is 15.3. The summed E-state index contributed by atoms with van der Waals surface area (Å²) in [6.45, 7) is 4.44. The third-order valence-corrected chi connectivity index (χ3v) is 9.81. The fraction of sp³-hybridized carbons (Fsp3) is 0.389. The Morgan fingerprint density at radius 3 is 1.61 bits per heavy atom. The van der Waals surface area contributed by atoms with Gasteiger partial charge in [0.25, 0.3) is 0 Å². The van der Waals surface area contributed by atoms with Crippen molar-refractivity contribution in [1.82, 2.24) is 19.1 Å². The summed E-state index contributed by atoms with van der Waals surface area (Å²) in [6.07, 6.45) is 2.28. The van der Waals surface area contributed by atoms with Crippen LogP contribution in [0.3, 0.4) is 0 Å². The first kappa shape index (κ1) is 45.0. The lowest BCUT2D eigenvalue weighted by Crippen LogP contribution is -2.20. The molecule has 0 fully saturated rings. The number of esters is 1. The second-order valence-electron chi connectivity index (χ2n) is 12.4. The van der Waals surface area contributed by atoms with E-state index < -0.39 is 52.7 Å². The molecule has 3 N–H and O–H groups in total. The van der Waals surface area contributed by atoms with Crippen molar-refractivity contribution in [2.24, 2.45) is 5.92 Å². The average molecular weight is 829 g/mol. The van der Waals surface area contributed by atoms with Crippen molar-refractivity contribution in [3.8, 4) is 0 Å². The molecular weight excluding hydrogens is 795 g/mol. The highest BCUT2D eigenvalue weighted by molar-refractivity contribution is 7.71. The predicted molar refractivity (Wildman–Crippen MR) is 185 cm³/mol. The monoisotopic (exact) mass is 828 g/mol. The van der Waals surface area contributed by atoms with Crippen molar-refractivity contribution < 1.29 is 65.0 Å². The van der Waals surface area contributed by atoms with Crippen molar-refractivity contribution in [3.05, 3.63) is 103 Å². The minimum Gasteiger partial charge on any atom is -0.481 e. The lowest BCUT2D eigenvalue weighted by molar-refractivity contribution is -0.193. The smallest absolute Gasteiger partial charge is 0.373 e. The number of rotatable bonds is 10. The first-order valence-corrected chi connectivity index (χ1v) is 17.6. The van der Waals surface area contributed by atoms with E-state index in [0.717, 1.165) is 41.3 Å². The molecule has 1 unspecified atom stereocenters. The molecule has 3 atom stereocenters. The topological polar surface area (TPSA) is 173 Å². The number of hydrogen-bond acceptors (Lipinski definition) is 9. The number of fused-ring (bicyclic) bond motifs is 2. The summed E-state index contributed by atoms with van der Waals surface area (Å²) in [7, 11) is 0. The lowest BCUT2D eigenvalue weighted by atomic mass is 9.93. The van der Waals surface area contributed by atoms with Gasteiger partial charge in [-0.05, 0) is 81.3 Å². The van der Waals surface area contributed by atoms with E-state index in [2.05, 4.69) is 9.97 Å². The van der Waals surface area contributed by atoms with Gasteiger partial charge in [-0.2, -0.15) is 19.2 Å². The largest absolute Gasteiger partial charge is 0.481 e. The van der Waals surface area contributed by atoms with Gasteiger partial charge in [0.2, 0.25) is 0 Å². The van der Waals surface area contributed by atoms with Crippen LogP contribution in [-0.4, -0.2) is 55.1 Å². The van der Waals surface area contributed by atoms with Gasteiger partial charge < -0.3 is 28.9 Å². The Bertz CT molecular complexity index is 2250. The molecule has 0 bridgehead atoms. The first-order valence-electron chi connectivity index (χ1n) is 16.8. The number of carboxylic acids is 1. The minimum absolute atomic E-state index is 0.0738. The second-order valence-corrected chi connectivity index (χ2v) is 13.1. The molecule has 4 aromatic rings. The van der Waals surface area contributed by atoms with Crippen molar-refractivity contribution in [1.29, 1.82) is 0 Å². The zero-order valence-electron chi connectivity index (χ0n) is 29.7. The third-order valence-electron chi connectivity index (χ3n) is 9.17. The summed E-state index contributed by atoms with van der Waals surface area (Å²) in [5, 5.41) is 8.78. The van der Waals surface area contributed by atoms with Gasteiger partial charge in [-0.15, -0.1) is 0 Å². The Kier molecular flexibility index (Phi) is 16.5. The first-order chi connectivity index (χ1) is 26.6. The molecule has 0 spiro atoms. The number of ether oxygens (including phenoxy) is 1. The molecule has 6 rings (SSSR count). The minimum atomic E-state index is -1.18. The number of halogens is 6. The molecule has 0 amide bonds. The van der Waals surface area contributed by atoms with Crippen LogP contribution in [0.2, 0.25) is 0 Å². The number of H-pyrrole nitrogens is 2. The summed E-state index contributed by atoms with van der Waals surface area (Å²) >= 11 is 10.5. The number of aliphatic carboxylic acids is 1. The Morgan fingerprint density at radius 2 is 1.20 bits per heavy atom. The number of aryl methyl sites for hydroxylation is 1. The van der Waals surface area contributed by atoms with Crippen LogP contribution >= 0.6 is 24.4 Å². The van der Waals surface area contributed by atoms with Gasteiger partial charge in [-0.1, -0.05) is 6.92 Å². The van der Waals surface area contributed by atoms with Gasteiger partial charge in [-0.25, -0.2) is 26.3 Å². The molecule has 0 saturated carbocycles. The number of imidazole rings is 2. The summed E-state index contributed by atoms with van der Waals surface area (Å²) in [5.74, 6) is -8.71. The van der Waals surface area contributed by atoms with Crippen LogP contribution in [0, 0.1) is 50.4 Å². The van der Waals surface area contributed by atoms with Gasteiger partial charge in [0.15, 0.2) is 32.8 Å². The van der Waals surface area contributed by atoms with Crippen molar-refractivity contribution in [2.75, 3.05) is 6.61 Å². The lowest BCUT2D eigenvalue weighted by Gasteiger charge is -2.14. The number of carbonyl (C=O) groups is 2. The third kappa shape index (κ3) is 10.5. The zero-order chi connectivity index (χ0) is 41.9. The summed E-state index contributed by atoms with van der Waals surface area (Å²) in [6, 6.07) is 3.39. The molecule has 56 heavy (non-hydrogen) atoms. The number of benzene rings is 2. The van der Waals surface area contributed by atoms with Gasteiger partial charge in [-0.3, -0.25) is 9.59 Å². The number of carboxylic acid groups (broad SMARTS) is 1. The van der Waals surface area contributed by atoms with E-state index in [-0.39, 0.29) is 67.7 Å².